The quantitative estimate of drug-likeness (QED) is 0.598. The fourth-order valence-corrected chi connectivity index (χ4v) is 3.36. The molecular formula is C22H24. The molecule has 0 spiro atoms. The van der Waals surface area contributed by atoms with Crippen LogP contribution in [-0.4, -0.2) is 0 Å². The van der Waals surface area contributed by atoms with Crippen molar-refractivity contribution in [2.75, 3.05) is 0 Å². The molecule has 2 aliphatic carbocycles. The average molecular weight is 288 g/mol. The summed E-state index contributed by atoms with van der Waals surface area (Å²) in [4.78, 5) is 0. The van der Waals surface area contributed by atoms with Gasteiger partial charge in [-0.15, -0.1) is 0 Å². The molecule has 0 aromatic heterocycles. The van der Waals surface area contributed by atoms with Crippen molar-refractivity contribution < 1.29 is 0 Å². The zero-order valence-corrected chi connectivity index (χ0v) is 13.2. The van der Waals surface area contributed by atoms with Gasteiger partial charge in [0.15, 0.2) is 0 Å². The lowest BCUT2D eigenvalue weighted by Gasteiger charge is -2.19. The Morgan fingerprint density at radius 2 is 2.18 bits per heavy atom. The predicted octanol–water partition coefficient (Wildman–Crippen LogP) is 5.98. The highest BCUT2D eigenvalue weighted by Crippen LogP contribution is 2.32. The Kier molecular flexibility index (Phi) is 4.77. The maximum atomic E-state index is 4.34. The second kappa shape index (κ2) is 6.96. The molecule has 1 aromatic carbocycles. The van der Waals surface area contributed by atoms with Crippen molar-refractivity contribution in [3.05, 3.63) is 84.7 Å². The molecule has 112 valence electrons. The minimum atomic E-state index is 0.608. The number of benzene rings is 1. The van der Waals surface area contributed by atoms with Gasteiger partial charge in [-0.3, -0.25) is 0 Å². The monoisotopic (exact) mass is 288 g/mol. The zero-order chi connectivity index (χ0) is 15.4. The van der Waals surface area contributed by atoms with Crippen LogP contribution < -0.4 is 0 Å². The first-order valence-electron chi connectivity index (χ1n) is 8.19. The van der Waals surface area contributed by atoms with Crippen molar-refractivity contribution in [3.8, 4) is 0 Å². The Labute approximate surface area is 135 Å². The number of rotatable bonds is 4. The van der Waals surface area contributed by atoms with Gasteiger partial charge >= 0.3 is 0 Å². The summed E-state index contributed by atoms with van der Waals surface area (Å²) in [6.45, 7) is 8.53. The van der Waals surface area contributed by atoms with Gasteiger partial charge in [-0.1, -0.05) is 61.2 Å². The van der Waals surface area contributed by atoms with Gasteiger partial charge in [0.1, 0.15) is 0 Å². The van der Waals surface area contributed by atoms with Gasteiger partial charge in [0, 0.05) is 0 Å². The van der Waals surface area contributed by atoms with Crippen molar-refractivity contribution in [2.24, 2.45) is 5.92 Å². The minimum Gasteiger partial charge on any atom is -0.0995 e. The van der Waals surface area contributed by atoms with E-state index in [4.69, 9.17) is 0 Å². The Hall–Kier alpha value is -1.82. The van der Waals surface area contributed by atoms with Crippen LogP contribution in [0.2, 0.25) is 0 Å². The molecule has 0 heterocycles. The van der Waals surface area contributed by atoms with Crippen LogP contribution in [0, 0.1) is 18.8 Å². The molecule has 0 N–H and O–H groups in total. The van der Waals surface area contributed by atoms with Gasteiger partial charge in [-0.2, -0.15) is 0 Å². The molecular weight excluding hydrogens is 264 g/mol. The van der Waals surface area contributed by atoms with Crippen LogP contribution in [0.4, 0.5) is 0 Å². The third kappa shape index (κ3) is 3.50. The normalized spacial score (nSPS) is 20.5. The van der Waals surface area contributed by atoms with Crippen molar-refractivity contribution >= 4 is 11.6 Å². The summed E-state index contributed by atoms with van der Waals surface area (Å²) in [5.41, 5.74) is 6.58. The third-order valence-corrected chi connectivity index (χ3v) is 4.51. The van der Waals surface area contributed by atoms with E-state index in [1.807, 2.05) is 0 Å². The maximum absolute atomic E-state index is 4.34. The second-order valence-electron chi connectivity index (χ2n) is 6.36. The summed E-state index contributed by atoms with van der Waals surface area (Å²) in [6.07, 6.45) is 18.9. The molecule has 3 rings (SSSR count). The number of hydrogen-bond donors (Lipinski definition) is 0. The van der Waals surface area contributed by atoms with E-state index in [2.05, 4.69) is 68.5 Å². The average Bonchev–Trinajstić information content (AvgIpc) is 2.77. The topological polar surface area (TPSA) is 0 Å². The highest BCUT2D eigenvalue weighted by molar-refractivity contribution is 5.79. The first-order chi connectivity index (χ1) is 10.7. The van der Waals surface area contributed by atoms with Crippen molar-refractivity contribution in [1.82, 2.24) is 0 Å². The SMILES string of the molecule is C=C(Cc1cccc2c1C=CCC2=C)CC1C=C[CH]C[CH]C1. The zero-order valence-electron chi connectivity index (χ0n) is 13.2. The van der Waals surface area contributed by atoms with Gasteiger partial charge in [0.2, 0.25) is 0 Å². The van der Waals surface area contributed by atoms with E-state index in [-0.39, 0.29) is 0 Å². The molecule has 0 fully saturated rings. The lowest BCUT2D eigenvalue weighted by atomic mass is 9.86. The van der Waals surface area contributed by atoms with E-state index >= 15 is 0 Å². The standard InChI is InChI=1S/C22H24/c1-17(15-19-10-5-3-4-6-11-19)16-20-12-8-13-21-18(2)9-7-14-22(20)21/h3,5-8,10,12-14,19H,1-2,4,9,11,15-16H2. The molecule has 1 atom stereocenters. The van der Waals surface area contributed by atoms with Crippen molar-refractivity contribution in [1.29, 1.82) is 0 Å². The molecule has 0 heteroatoms. The van der Waals surface area contributed by atoms with E-state index in [1.54, 1.807) is 0 Å². The Morgan fingerprint density at radius 3 is 3.09 bits per heavy atom. The van der Waals surface area contributed by atoms with Gasteiger partial charge < -0.3 is 0 Å². The van der Waals surface area contributed by atoms with Crippen LogP contribution in [0.1, 0.15) is 42.4 Å². The molecule has 0 nitrogen and oxygen atoms in total. The molecule has 2 radical (unpaired) electrons. The van der Waals surface area contributed by atoms with E-state index in [0.29, 0.717) is 5.92 Å². The van der Waals surface area contributed by atoms with E-state index in [1.165, 1.54) is 27.8 Å². The summed E-state index contributed by atoms with van der Waals surface area (Å²) in [7, 11) is 0. The molecule has 0 amide bonds. The predicted molar refractivity (Wildman–Crippen MR) is 97.1 cm³/mol. The van der Waals surface area contributed by atoms with E-state index in [9.17, 15) is 0 Å². The van der Waals surface area contributed by atoms with Crippen LogP contribution in [0.3, 0.4) is 0 Å². The fraction of sp³-hybridized carbons (Fsp3) is 0.273. The Bertz CT molecular complexity index is 627. The first kappa shape index (κ1) is 15.1. The van der Waals surface area contributed by atoms with Crippen LogP contribution in [0.15, 0.2) is 55.2 Å². The molecule has 1 aromatic rings. The number of hydrogen-bond acceptors (Lipinski definition) is 0. The van der Waals surface area contributed by atoms with Crippen LogP contribution in [0.5, 0.6) is 0 Å². The van der Waals surface area contributed by atoms with E-state index in [0.717, 1.165) is 32.1 Å². The van der Waals surface area contributed by atoms with Gasteiger partial charge in [-0.25, -0.2) is 0 Å². The largest absolute Gasteiger partial charge is 0.0995 e. The molecule has 0 saturated heterocycles. The summed E-state index contributed by atoms with van der Waals surface area (Å²) in [5, 5.41) is 0. The number of allylic oxidation sites excluding steroid dienone is 5. The second-order valence-corrected chi connectivity index (χ2v) is 6.36. The van der Waals surface area contributed by atoms with Gasteiger partial charge in [0.25, 0.3) is 0 Å². The Morgan fingerprint density at radius 1 is 1.27 bits per heavy atom. The fourth-order valence-electron chi connectivity index (χ4n) is 3.36. The van der Waals surface area contributed by atoms with Crippen molar-refractivity contribution in [3.63, 3.8) is 0 Å². The minimum absolute atomic E-state index is 0.608. The van der Waals surface area contributed by atoms with Crippen LogP contribution in [0.25, 0.3) is 11.6 Å². The maximum Gasteiger partial charge on any atom is -0.00634 e. The molecule has 1 unspecified atom stereocenters. The van der Waals surface area contributed by atoms with Gasteiger partial charge in [0.05, 0.1) is 0 Å². The summed E-state index contributed by atoms with van der Waals surface area (Å²) < 4.78 is 0. The van der Waals surface area contributed by atoms with E-state index < -0.39 is 0 Å². The van der Waals surface area contributed by atoms with Gasteiger partial charge in [-0.05, 0) is 73.1 Å². The Balaban J connectivity index is 1.71. The molecule has 22 heavy (non-hydrogen) atoms. The lowest BCUT2D eigenvalue weighted by molar-refractivity contribution is 0.624. The molecule has 2 aliphatic rings. The highest BCUT2D eigenvalue weighted by atomic mass is 14.2. The van der Waals surface area contributed by atoms with Crippen LogP contribution >= 0.6 is 0 Å². The summed E-state index contributed by atoms with van der Waals surface area (Å²) in [6, 6.07) is 6.57. The molecule has 0 saturated carbocycles. The highest BCUT2D eigenvalue weighted by Gasteiger charge is 2.14. The summed E-state index contributed by atoms with van der Waals surface area (Å²) in [5.74, 6) is 0.608. The van der Waals surface area contributed by atoms with Crippen LogP contribution in [-0.2, 0) is 6.42 Å². The molecule has 0 bridgehead atoms. The summed E-state index contributed by atoms with van der Waals surface area (Å²) >= 11 is 0. The molecule has 0 aliphatic heterocycles. The first-order valence-corrected chi connectivity index (χ1v) is 8.19. The number of fused-ring (bicyclic) bond motifs is 1. The lowest BCUT2D eigenvalue weighted by Crippen LogP contribution is -2.03. The van der Waals surface area contributed by atoms with Crippen molar-refractivity contribution in [2.45, 2.75) is 32.1 Å². The third-order valence-electron chi connectivity index (χ3n) is 4.51. The smallest absolute Gasteiger partial charge is 0.00634 e.